The molecule has 0 atom stereocenters. The van der Waals surface area contributed by atoms with Gasteiger partial charge in [-0.1, -0.05) is 38.1 Å². The van der Waals surface area contributed by atoms with Crippen LogP contribution in [0.25, 0.3) is 0 Å². The Morgan fingerprint density at radius 2 is 1.74 bits per heavy atom. The number of hydrogen-bond acceptors (Lipinski definition) is 2. The number of hydrogen-bond donors (Lipinski definition) is 0. The van der Waals surface area contributed by atoms with Crippen molar-refractivity contribution in [2.24, 2.45) is 0 Å². The van der Waals surface area contributed by atoms with Crippen molar-refractivity contribution in [1.29, 1.82) is 0 Å². The van der Waals surface area contributed by atoms with Gasteiger partial charge in [0, 0.05) is 37.9 Å². The van der Waals surface area contributed by atoms with Crippen LogP contribution >= 0.6 is 0 Å². The fourth-order valence-corrected chi connectivity index (χ4v) is 4.55. The summed E-state index contributed by atoms with van der Waals surface area (Å²) in [5.41, 5.74) is 5.70. The number of halogens is 1. The Labute approximate surface area is 163 Å². The summed E-state index contributed by atoms with van der Waals surface area (Å²) >= 11 is 0. The first kappa shape index (κ1) is 18.5. The summed E-state index contributed by atoms with van der Waals surface area (Å²) < 4.78 is 13.0. The molecule has 3 heteroatoms. The minimum absolute atomic E-state index is 0.147. The second kappa shape index (κ2) is 8.02. The van der Waals surface area contributed by atoms with Gasteiger partial charge in [-0.15, -0.1) is 0 Å². The monoisotopic (exact) mass is 366 g/mol. The van der Waals surface area contributed by atoms with E-state index in [2.05, 4.69) is 41.8 Å². The Morgan fingerprint density at radius 3 is 2.44 bits per heavy atom. The Kier molecular flexibility index (Phi) is 5.49. The van der Waals surface area contributed by atoms with E-state index in [0.29, 0.717) is 12.0 Å². The van der Waals surface area contributed by atoms with Crippen molar-refractivity contribution in [1.82, 2.24) is 4.90 Å². The lowest BCUT2D eigenvalue weighted by molar-refractivity contribution is 0.212. The Bertz CT molecular complexity index is 760. The van der Waals surface area contributed by atoms with Gasteiger partial charge in [-0.3, -0.25) is 0 Å². The zero-order valence-corrected chi connectivity index (χ0v) is 16.6. The molecular weight excluding hydrogens is 335 g/mol. The Morgan fingerprint density at radius 1 is 1.00 bits per heavy atom. The number of piperidine rings is 1. The third-order valence-corrected chi connectivity index (χ3v) is 6.34. The van der Waals surface area contributed by atoms with Crippen LogP contribution in [0.4, 0.5) is 10.1 Å². The predicted octanol–water partition coefficient (Wildman–Crippen LogP) is 5.02. The highest BCUT2D eigenvalue weighted by Crippen LogP contribution is 2.35. The lowest BCUT2D eigenvalue weighted by atomic mass is 9.99. The maximum Gasteiger partial charge on any atom is 0.123 e. The molecule has 0 saturated carbocycles. The standard InChI is InChI=1S/C24H31FN2/c1-18(2)21-6-5-20-10-16-27(24(20)17-21)23-11-14-26(15-12-23)13-9-19-3-7-22(25)8-4-19/h3-8,17-18,23H,9-16H2,1-2H3. The third-order valence-electron chi connectivity index (χ3n) is 6.34. The molecule has 0 bridgehead atoms. The molecule has 0 radical (unpaired) electrons. The fourth-order valence-electron chi connectivity index (χ4n) is 4.55. The number of benzene rings is 2. The largest absolute Gasteiger partial charge is 0.368 e. The van der Waals surface area contributed by atoms with Crippen LogP contribution in [-0.4, -0.2) is 37.1 Å². The van der Waals surface area contributed by atoms with Crippen LogP contribution in [0.2, 0.25) is 0 Å². The summed E-state index contributed by atoms with van der Waals surface area (Å²) in [4.78, 5) is 5.25. The van der Waals surface area contributed by atoms with Crippen LogP contribution in [0.15, 0.2) is 42.5 Å². The zero-order chi connectivity index (χ0) is 18.8. The molecule has 0 amide bonds. The van der Waals surface area contributed by atoms with Gasteiger partial charge < -0.3 is 9.80 Å². The molecule has 0 unspecified atom stereocenters. The number of nitrogens with zero attached hydrogens (tertiary/aromatic N) is 2. The van der Waals surface area contributed by atoms with Gasteiger partial charge in [-0.25, -0.2) is 4.39 Å². The van der Waals surface area contributed by atoms with E-state index in [0.717, 1.165) is 13.0 Å². The lowest BCUT2D eigenvalue weighted by Gasteiger charge is -2.38. The summed E-state index contributed by atoms with van der Waals surface area (Å²) in [5.74, 6) is 0.442. The van der Waals surface area contributed by atoms with E-state index in [9.17, 15) is 4.39 Å². The van der Waals surface area contributed by atoms with Gasteiger partial charge in [-0.05, 0) is 66.5 Å². The highest BCUT2D eigenvalue weighted by Gasteiger charge is 2.29. The number of likely N-dealkylation sites (tertiary alicyclic amines) is 1. The van der Waals surface area contributed by atoms with Crippen LogP contribution in [-0.2, 0) is 12.8 Å². The fraction of sp³-hybridized carbons (Fsp3) is 0.500. The molecule has 0 N–H and O–H groups in total. The van der Waals surface area contributed by atoms with Crippen molar-refractivity contribution in [2.75, 3.05) is 31.1 Å². The molecule has 2 aliphatic rings. The van der Waals surface area contributed by atoms with Gasteiger partial charge in [0.1, 0.15) is 5.82 Å². The van der Waals surface area contributed by atoms with E-state index >= 15 is 0 Å². The molecule has 0 aliphatic carbocycles. The maximum atomic E-state index is 13.0. The second-order valence-corrected chi connectivity index (χ2v) is 8.44. The number of fused-ring (bicyclic) bond motifs is 1. The van der Waals surface area contributed by atoms with Crippen LogP contribution in [0.3, 0.4) is 0 Å². The molecule has 2 heterocycles. The van der Waals surface area contributed by atoms with Gasteiger partial charge in [0.25, 0.3) is 0 Å². The van der Waals surface area contributed by atoms with E-state index in [4.69, 9.17) is 0 Å². The van der Waals surface area contributed by atoms with Crippen molar-refractivity contribution in [2.45, 2.75) is 51.5 Å². The molecule has 0 spiro atoms. The van der Waals surface area contributed by atoms with Crippen LogP contribution < -0.4 is 4.90 Å². The van der Waals surface area contributed by atoms with Gasteiger partial charge >= 0.3 is 0 Å². The summed E-state index contributed by atoms with van der Waals surface area (Å²) in [6, 6.07) is 14.7. The average molecular weight is 367 g/mol. The van der Waals surface area contributed by atoms with E-state index in [-0.39, 0.29) is 5.82 Å². The molecular formula is C24H31FN2. The zero-order valence-electron chi connectivity index (χ0n) is 16.6. The molecule has 0 aromatic heterocycles. The highest BCUT2D eigenvalue weighted by molar-refractivity contribution is 5.60. The quantitative estimate of drug-likeness (QED) is 0.733. The van der Waals surface area contributed by atoms with Crippen LogP contribution in [0.1, 0.15) is 49.3 Å². The number of anilines is 1. The van der Waals surface area contributed by atoms with Gasteiger partial charge in [0.05, 0.1) is 0 Å². The topological polar surface area (TPSA) is 6.48 Å². The lowest BCUT2D eigenvalue weighted by Crippen LogP contribution is -2.45. The summed E-state index contributed by atoms with van der Waals surface area (Å²) in [6.07, 6.45) is 4.69. The van der Waals surface area contributed by atoms with Crippen molar-refractivity contribution in [3.63, 3.8) is 0 Å². The predicted molar refractivity (Wildman–Crippen MR) is 111 cm³/mol. The average Bonchev–Trinajstić information content (AvgIpc) is 3.11. The summed E-state index contributed by atoms with van der Waals surface area (Å²) in [7, 11) is 0. The van der Waals surface area contributed by atoms with Gasteiger partial charge in [0.2, 0.25) is 0 Å². The second-order valence-electron chi connectivity index (χ2n) is 8.44. The van der Waals surface area contributed by atoms with E-state index < -0.39 is 0 Å². The molecule has 4 rings (SSSR count). The smallest absolute Gasteiger partial charge is 0.123 e. The molecule has 1 saturated heterocycles. The van der Waals surface area contributed by atoms with E-state index in [1.165, 1.54) is 61.3 Å². The summed E-state index contributed by atoms with van der Waals surface area (Å²) in [5, 5.41) is 0. The molecule has 1 fully saturated rings. The molecule has 2 aromatic carbocycles. The van der Waals surface area contributed by atoms with E-state index in [1.54, 1.807) is 12.1 Å². The SMILES string of the molecule is CC(C)c1ccc2c(c1)N(C1CCN(CCc3ccc(F)cc3)CC1)CC2. The van der Waals surface area contributed by atoms with Crippen molar-refractivity contribution in [3.05, 3.63) is 65.0 Å². The maximum absolute atomic E-state index is 13.0. The third kappa shape index (κ3) is 4.19. The first-order chi connectivity index (χ1) is 13.1. The minimum atomic E-state index is -0.147. The normalized spacial score (nSPS) is 18.3. The Balaban J connectivity index is 1.32. The minimum Gasteiger partial charge on any atom is -0.368 e. The first-order valence-corrected chi connectivity index (χ1v) is 10.5. The Hall–Kier alpha value is -1.87. The molecule has 2 nitrogen and oxygen atoms in total. The van der Waals surface area contributed by atoms with Crippen molar-refractivity contribution < 1.29 is 4.39 Å². The molecule has 27 heavy (non-hydrogen) atoms. The van der Waals surface area contributed by atoms with Crippen LogP contribution in [0, 0.1) is 5.82 Å². The van der Waals surface area contributed by atoms with Crippen molar-refractivity contribution in [3.8, 4) is 0 Å². The first-order valence-electron chi connectivity index (χ1n) is 10.5. The van der Waals surface area contributed by atoms with Gasteiger partial charge in [0.15, 0.2) is 0 Å². The highest BCUT2D eigenvalue weighted by atomic mass is 19.1. The van der Waals surface area contributed by atoms with Crippen LogP contribution in [0.5, 0.6) is 0 Å². The molecule has 2 aliphatic heterocycles. The van der Waals surface area contributed by atoms with Crippen molar-refractivity contribution >= 4 is 5.69 Å². The van der Waals surface area contributed by atoms with Gasteiger partial charge in [-0.2, -0.15) is 0 Å². The summed E-state index contributed by atoms with van der Waals surface area (Å²) in [6.45, 7) is 9.15. The van der Waals surface area contributed by atoms with E-state index in [1.807, 2.05) is 12.1 Å². The number of rotatable bonds is 5. The molecule has 144 valence electrons. The molecule has 2 aromatic rings.